The summed E-state index contributed by atoms with van der Waals surface area (Å²) in [4.78, 5) is 28.5. The van der Waals surface area contributed by atoms with Gasteiger partial charge in [0.2, 0.25) is 11.8 Å². The van der Waals surface area contributed by atoms with Crippen molar-refractivity contribution in [2.75, 3.05) is 56.6 Å². The zero-order chi connectivity index (χ0) is 18.4. The number of rotatable bonds is 6. The molecule has 1 atom stereocenters. The maximum Gasteiger partial charge on any atom is 0.244 e. The summed E-state index contributed by atoms with van der Waals surface area (Å²) in [6.45, 7) is 6.93. The van der Waals surface area contributed by atoms with Crippen molar-refractivity contribution >= 4 is 23.2 Å². The second kappa shape index (κ2) is 9.00. The second-order valence-electron chi connectivity index (χ2n) is 6.91. The van der Waals surface area contributed by atoms with Crippen LogP contribution >= 0.6 is 0 Å². The number of carbonyl (C=O) groups is 2. The van der Waals surface area contributed by atoms with Crippen LogP contribution in [0.3, 0.4) is 0 Å². The predicted octanol–water partition coefficient (Wildman–Crippen LogP) is 1.38. The molecule has 7 heteroatoms. The molecule has 2 aliphatic heterocycles. The Balaban J connectivity index is 1.46. The molecule has 3 rings (SSSR count). The van der Waals surface area contributed by atoms with Crippen LogP contribution in [0.15, 0.2) is 24.3 Å². The van der Waals surface area contributed by atoms with Gasteiger partial charge in [-0.15, -0.1) is 0 Å². The number of nitrogens with one attached hydrogen (secondary N) is 2. The van der Waals surface area contributed by atoms with Gasteiger partial charge in [0, 0.05) is 37.6 Å². The minimum Gasteiger partial charge on any atom is -0.379 e. The number of hydrogen-bond acceptors (Lipinski definition) is 5. The number of ether oxygens (including phenoxy) is 1. The third kappa shape index (κ3) is 5.19. The van der Waals surface area contributed by atoms with Crippen molar-refractivity contribution in [3.8, 4) is 0 Å². The Morgan fingerprint density at radius 1 is 1.04 bits per heavy atom. The normalized spacial score (nSPS) is 19.2. The van der Waals surface area contributed by atoms with Crippen LogP contribution in [0, 0.1) is 0 Å². The molecular weight excluding hydrogens is 332 g/mol. The molecule has 7 nitrogen and oxygen atoms in total. The first-order chi connectivity index (χ1) is 12.6. The molecule has 0 spiro atoms. The van der Waals surface area contributed by atoms with Gasteiger partial charge in [-0.2, -0.15) is 0 Å². The van der Waals surface area contributed by atoms with Gasteiger partial charge in [-0.25, -0.2) is 0 Å². The average molecular weight is 360 g/mol. The summed E-state index contributed by atoms with van der Waals surface area (Å²) < 4.78 is 5.29. The Morgan fingerprint density at radius 2 is 1.65 bits per heavy atom. The van der Waals surface area contributed by atoms with Gasteiger partial charge in [0.05, 0.1) is 19.8 Å². The highest BCUT2D eigenvalue weighted by Crippen LogP contribution is 2.16. The van der Waals surface area contributed by atoms with Gasteiger partial charge in [0.1, 0.15) is 6.04 Å². The van der Waals surface area contributed by atoms with Crippen LogP contribution in [-0.4, -0.2) is 73.6 Å². The fourth-order valence-corrected chi connectivity index (χ4v) is 3.34. The molecule has 0 saturated carbocycles. The highest BCUT2D eigenvalue weighted by Gasteiger charge is 2.23. The molecule has 142 valence electrons. The Morgan fingerprint density at radius 3 is 2.31 bits per heavy atom. The van der Waals surface area contributed by atoms with Crippen LogP contribution in [0.5, 0.6) is 0 Å². The van der Waals surface area contributed by atoms with Gasteiger partial charge in [-0.3, -0.25) is 14.5 Å². The molecule has 1 aromatic rings. The third-order valence-electron chi connectivity index (χ3n) is 4.81. The minimum atomic E-state index is -0.255. The summed E-state index contributed by atoms with van der Waals surface area (Å²) in [5.41, 5.74) is 1.63. The monoisotopic (exact) mass is 360 g/mol. The lowest BCUT2D eigenvalue weighted by Crippen LogP contribution is -2.41. The second-order valence-corrected chi connectivity index (χ2v) is 6.91. The predicted molar refractivity (Wildman–Crippen MR) is 101 cm³/mol. The summed E-state index contributed by atoms with van der Waals surface area (Å²) in [7, 11) is 0. The quantitative estimate of drug-likeness (QED) is 0.802. The Bertz CT molecular complexity index is 608. The van der Waals surface area contributed by atoms with E-state index in [0.717, 1.165) is 50.4 Å². The van der Waals surface area contributed by atoms with E-state index in [-0.39, 0.29) is 17.9 Å². The number of nitrogens with zero attached hydrogens (tertiary/aromatic N) is 2. The molecule has 2 fully saturated rings. The van der Waals surface area contributed by atoms with Crippen LogP contribution in [0.1, 0.15) is 19.8 Å². The van der Waals surface area contributed by atoms with Gasteiger partial charge in [-0.05, 0) is 44.0 Å². The molecule has 0 unspecified atom stereocenters. The van der Waals surface area contributed by atoms with E-state index in [9.17, 15) is 9.59 Å². The lowest BCUT2D eigenvalue weighted by Gasteiger charge is -2.25. The smallest absolute Gasteiger partial charge is 0.244 e. The van der Waals surface area contributed by atoms with E-state index in [1.54, 1.807) is 0 Å². The first-order valence-corrected chi connectivity index (χ1v) is 9.37. The molecule has 2 amide bonds. The number of morpholine rings is 1. The lowest BCUT2D eigenvalue weighted by molar-refractivity contribution is -0.130. The van der Waals surface area contributed by atoms with E-state index in [2.05, 4.69) is 15.5 Å². The van der Waals surface area contributed by atoms with Crippen molar-refractivity contribution < 1.29 is 14.3 Å². The largest absolute Gasteiger partial charge is 0.379 e. The number of carbonyl (C=O) groups excluding carboxylic acids is 2. The molecule has 2 heterocycles. The topological polar surface area (TPSA) is 73.9 Å². The van der Waals surface area contributed by atoms with Crippen LogP contribution < -0.4 is 10.6 Å². The summed E-state index contributed by atoms with van der Waals surface area (Å²) >= 11 is 0. The number of likely N-dealkylation sites (tertiary alicyclic amines) is 1. The van der Waals surface area contributed by atoms with Crippen molar-refractivity contribution in [1.82, 2.24) is 9.80 Å². The molecule has 0 radical (unpaired) electrons. The zero-order valence-corrected chi connectivity index (χ0v) is 15.4. The van der Waals surface area contributed by atoms with Crippen molar-refractivity contribution in [3.05, 3.63) is 24.3 Å². The first-order valence-electron chi connectivity index (χ1n) is 9.37. The molecule has 1 aromatic carbocycles. The molecule has 0 aromatic heterocycles. The van der Waals surface area contributed by atoms with Gasteiger partial charge in [-0.1, -0.05) is 0 Å². The van der Waals surface area contributed by atoms with Crippen LogP contribution in [0.2, 0.25) is 0 Å². The van der Waals surface area contributed by atoms with E-state index in [0.29, 0.717) is 19.8 Å². The number of anilines is 2. The van der Waals surface area contributed by atoms with Crippen molar-refractivity contribution in [2.45, 2.75) is 25.8 Å². The maximum absolute atomic E-state index is 12.3. The SMILES string of the molecule is C[C@H](Nc1ccc(NC(=O)CN2CCOCC2)cc1)C(=O)N1CCCC1. The van der Waals surface area contributed by atoms with Gasteiger partial charge in [0.25, 0.3) is 0 Å². The summed E-state index contributed by atoms with van der Waals surface area (Å²) in [6.07, 6.45) is 2.19. The molecule has 2 aliphatic rings. The average Bonchev–Trinajstić information content (AvgIpc) is 3.18. The third-order valence-corrected chi connectivity index (χ3v) is 4.81. The van der Waals surface area contributed by atoms with Crippen LogP contribution in [0.4, 0.5) is 11.4 Å². The maximum atomic E-state index is 12.3. The fourth-order valence-electron chi connectivity index (χ4n) is 3.34. The van der Waals surface area contributed by atoms with Crippen LogP contribution in [-0.2, 0) is 14.3 Å². The molecular formula is C19H28N4O3. The standard InChI is InChI=1S/C19H28N4O3/c1-15(19(25)23-8-2-3-9-23)20-16-4-6-17(7-5-16)21-18(24)14-22-10-12-26-13-11-22/h4-7,15,20H,2-3,8-14H2,1H3,(H,21,24)/t15-/m0/s1. The Labute approximate surface area is 154 Å². The zero-order valence-electron chi connectivity index (χ0n) is 15.4. The van der Waals surface area contributed by atoms with Gasteiger partial charge < -0.3 is 20.3 Å². The van der Waals surface area contributed by atoms with Crippen LogP contribution in [0.25, 0.3) is 0 Å². The van der Waals surface area contributed by atoms with E-state index < -0.39 is 0 Å². The van der Waals surface area contributed by atoms with E-state index in [1.807, 2.05) is 36.1 Å². The van der Waals surface area contributed by atoms with E-state index in [1.165, 1.54) is 0 Å². The highest BCUT2D eigenvalue weighted by molar-refractivity contribution is 5.92. The first kappa shape index (κ1) is 18.7. The molecule has 2 saturated heterocycles. The number of amides is 2. The van der Waals surface area contributed by atoms with E-state index in [4.69, 9.17) is 4.74 Å². The fraction of sp³-hybridized carbons (Fsp3) is 0.579. The molecule has 0 bridgehead atoms. The Hall–Kier alpha value is -2.12. The lowest BCUT2D eigenvalue weighted by atomic mass is 10.2. The summed E-state index contributed by atoms with van der Waals surface area (Å²) in [5, 5.41) is 6.15. The molecule has 26 heavy (non-hydrogen) atoms. The van der Waals surface area contributed by atoms with Gasteiger partial charge >= 0.3 is 0 Å². The summed E-state index contributed by atoms with van der Waals surface area (Å²) in [5.74, 6) is 0.121. The summed E-state index contributed by atoms with van der Waals surface area (Å²) in [6, 6.07) is 7.23. The Kier molecular flexibility index (Phi) is 6.46. The number of benzene rings is 1. The minimum absolute atomic E-state index is 0.0230. The van der Waals surface area contributed by atoms with E-state index >= 15 is 0 Å². The van der Waals surface area contributed by atoms with Crippen molar-refractivity contribution in [3.63, 3.8) is 0 Å². The van der Waals surface area contributed by atoms with Crippen molar-refractivity contribution in [2.24, 2.45) is 0 Å². The molecule has 0 aliphatic carbocycles. The molecule has 2 N–H and O–H groups in total. The van der Waals surface area contributed by atoms with Crippen molar-refractivity contribution in [1.29, 1.82) is 0 Å². The number of hydrogen-bond donors (Lipinski definition) is 2. The highest BCUT2D eigenvalue weighted by atomic mass is 16.5. The van der Waals surface area contributed by atoms with Gasteiger partial charge in [0.15, 0.2) is 0 Å².